The molecule has 0 aliphatic carbocycles. The van der Waals surface area contributed by atoms with E-state index in [9.17, 15) is 19.5 Å². The first-order valence-corrected chi connectivity index (χ1v) is 27.4. The molecule has 0 aliphatic rings. The van der Waals surface area contributed by atoms with Crippen molar-refractivity contribution < 1.29 is 42.9 Å². The minimum atomic E-state index is -1.53. The number of carboxylic acid groups (broad SMARTS) is 1. The van der Waals surface area contributed by atoms with Crippen molar-refractivity contribution in [3.8, 4) is 0 Å². The Labute approximate surface area is 422 Å². The number of aliphatic carboxylic acids is 1. The molecule has 0 heterocycles. The fourth-order valence-corrected chi connectivity index (χ4v) is 7.15. The van der Waals surface area contributed by atoms with Gasteiger partial charge in [-0.05, 0) is 77.0 Å². The van der Waals surface area contributed by atoms with Gasteiger partial charge in [-0.15, -0.1) is 0 Å². The molecule has 1 N–H and O–H groups in total. The van der Waals surface area contributed by atoms with E-state index in [1.807, 2.05) is 21.1 Å². The van der Waals surface area contributed by atoms with E-state index in [0.29, 0.717) is 23.9 Å². The van der Waals surface area contributed by atoms with Gasteiger partial charge in [0.15, 0.2) is 6.10 Å². The fourth-order valence-electron chi connectivity index (χ4n) is 7.15. The fraction of sp³-hybridized carbons (Fsp3) is 0.683. The number of rotatable bonds is 49. The lowest BCUT2D eigenvalue weighted by atomic mass is 10.0. The third kappa shape index (κ3) is 51.9. The zero-order chi connectivity index (χ0) is 50.6. The molecule has 0 saturated carbocycles. The van der Waals surface area contributed by atoms with Crippen molar-refractivity contribution in [2.24, 2.45) is 0 Å². The Kier molecular flexibility index (Phi) is 47.8. The molecule has 69 heavy (non-hydrogen) atoms. The molecule has 0 fully saturated rings. The predicted octanol–water partition coefficient (Wildman–Crippen LogP) is 15.8. The molecule has 0 radical (unpaired) electrons. The van der Waals surface area contributed by atoms with Gasteiger partial charge in [0.2, 0.25) is 0 Å². The first-order valence-electron chi connectivity index (χ1n) is 27.4. The standard InChI is InChI=1S/C60H101NO8/c1-6-8-10-12-14-16-18-20-22-24-25-26-27-28-29-30-31-32-33-35-37-39-41-43-45-47-49-51-58(63)69-56(55-68-60(59(64)65)66-53-52-61(3,4)5)54-67-57(62)50-48-46-44-42-40-38-36-34-23-21-19-17-15-13-11-9-7-2/h8,10,14,16,20,22,25-26,28-29,31-32,35,37,41,43,56,60H,6-7,9,11-13,15,17-19,21,23-24,27,30,33-34,36,38-40,42,44-55H2,1-5H3/p+1/b10-8-,16-14-,22-20-,26-25-,29-28-,32-31-,37-35-,43-41-. The summed E-state index contributed by atoms with van der Waals surface area (Å²) in [7, 11) is 5.94. The summed E-state index contributed by atoms with van der Waals surface area (Å²) in [6.45, 7) is 4.71. The van der Waals surface area contributed by atoms with Gasteiger partial charge in [-0.1, -0.05) is 214 Å². The van der Waals surface area contributed by atoms with Crippen molar-refractivity contribution in [2.45, 2.75) is 219 Å². The van der Waals surface area contributed by atoms with Gasteiger partial charge in [0, 0.05) is 12.8 Å². The van der Waals surface area contributed by atoms with E-state index < -0.39 is 24.3 Å². The summed E-state index contributed by atoms with van der Waals surface area (Å²) in [6, 6.07) is 0. The normalized spacial score (nSPS) is 13.6. The number of quaternary nitrogens is 1. The lowest BCUT2D eigenvalue weighted by molar-refractivity contribution is -0.870. The van der Waals surface area contributed by atoms with Crippen molar-refractivity contribution in [2.75, 3.05) is 47.5 Å². The summed E-state index contributed by atoms with van der Waals surface area (Å²) in [5, 5.41) is 9.68. The molecule has 0 aromatic carbocycles. The molecule has 0 amide bonds. The average molecular weight is 965 g/mol. The molecule has 9 heteroatoms. The van der Waals surface area contributed by atoms with Crippen molar-refractivity contribution in [3.63, 3.8) is 0 Å². The number of nitrogens with zero attached hydrogens (tertiary/aromatic N) is 1. The molecule has 0 saturated heterocycles. The van der Waals surface area contributed by atoms with Crippen molar-refractivity contribution in [1.82, 2.24) is 0 Å². The Bertz CT molecular complexity index is 1450. The maximum absolute atomic E-state index is 12.8. The molecule has 9 nitrogen and oxygen atoms in total. The van der Waals surface area contributed by atoms with Gasteiger partial charge in [0.1, 0.15) is 13.2 Å². The van der Waals surface area contributed by atoms with Crippen LogP contribution >= 0.6 is 0 Å². The quantitative estimate of drug-likeness (QED) is 0.0211. The first-order chi connectivity index (χ1) is 33.6. The second kappa shape index (κ2) is 50.6. The number of carbonyl (C=O) groups is 3. The number of allylic oxidation sites excluding steroid dienone is 16. The Balaban J connectivity index is 4.41. The first kappa shape index (κ1) is 65.2. The van der Waals surface area contributed by atoms with E-state index in [1.165, 1.54) is 89.9 Å². The highest BCUT2D eigenvalue weighted by Crippen LogP contribution is 2.15. The number of hydrogen-bond acceptors (Lipinski definition) is 7. The summed E-state index contributed by atoms with van der Waals surface area (Å²) in [6.07, 6.45) is 64.8. The number of unbranched alkanes of at least 4 members (excludes halogenated alkanes) is 18. The highest BCUT2D eigenvalue weighted by atomic mass is 16.7. The van der Waals surface area contributed by atoms with Crippen LogP contribution in [0.15, 0.2) is 97.2 Å². The third-order valence-electron chi connectivity index (χ3n) is 11.4. The van der Waals surface area contributed by atoms with Crippen LogP contribution in [-0.2, 0) is 33.3 Å². The van der Waals surface area contributed by atoms with Crippen LogP contribution in [0.5, 0.6) is 0 Å². The third-order valence-corrected chi connectivity index (χ3v) is 11.4. The van der Waals surface area contributed by atoms with Gasteiger partial charge in [0.05, 0.1) is 34.4 Å². The molecule has 0 spiro atoms. The maximum atomic E-state index is 12.8. The van der Waals surface area contributed by atoms with Crippen LogP contribution in [-0.4, -0.2) is 87.4 Å². The molecule has 2 atom stereocenters. The van der Waals surface area contributed by atoms with Crippen LogP contribution in [0.25, 0.3) is 0 Å². The molecule has 0 aromatic heterocycles. The molecular formula is C60H102NO8+. The molecule has 0 rings (SSSR count). The van der Waals surface area contributed by atoms with E-state index in [-0.39, 0.29) is 32.2 Å². The van der Waals surface area contributed by atoms with Crippen molar-refractivity contribution in [1.29, 1.82) is 0 Å². The molecular weight excluding hydrogens is 863 g/mol. The minimum Gasteiger partial charge on any atom is -0.477 e. The predicted molar refractivity (Wildman–Crippen MR) is 290 cm³/mol. The van der Waals surface area contributed by atoms with Gasteiger partial charge >= 0.3 is 17.9 Å². The molecule has 394 valence electrons. The monoisotopic (exact) mass is 965 g/mol. The summed E-state index contributed by atoms with van der Waals surface area (Å²) in [4.78, 5) is 37.3. The Morgan fingerprint density at radius 3 is 1.23 bits per heavy atom. The largest absolute Gasteiger partial charge is 0.477 e. The topological polar surface area (TPSA) is 108 Å². The number of carboxylic acids is 1. The van der Waals surface area contributed by atoms with Crippen LogP contribution in [0.3, 0.4) is 0 Å². The molecule has 0 aliphatic heterocycles. The van der Waals surface area contributed by atoms with Crippen LogP contribution < -0.4 is 0 Å². The van der Waals surface area contributed by atoms with E-state index in [0.717, 1.165) is 83.5 Å². The highest BCUT2D eigenvalue weighted by molar-refractivity contribution is 5.71. The zero-order valence-electron chi connectivity index (χ0n) is 44.7. The number of likely N-dealkylation sites (N-methyl/N-ethyl adjacent to an activating group) is 1. The summed E-state index contributed by atoms with van der Waals surface area (Å²) in [5.74, 6) is -2.07. The van der Waals surface area contributed by atoms with Crippen LogP contribution in [0.2, 0.25) is 0 Å². The second-order valence-electron chi connectivity index (χ2n) is 19.2. The van der Waals surface area contributed by atoms with E-state index in [1.54, 1.807) is 0 Å². The number of hydrogen-bond donors (Lipinski definition) is 1. The van der Waals surface area contributed by atoms with Crippen LogP contribution in [0.1, 0.15) is 206 Å². The smallest absolute Gasteiger partial charge is 0.361 e. The Morgan fingerprint density at radius 1 is 0.449 bits per heavy atom. The van der Waals surface area contributed by atoms with Gasteiger partial charge < -0.3 is 28.5 Å². The van der Waals surface area contributed by atoms with E-state index in [4.69, 9.17) is 18.9 Å². The van der Waals surface area contributed by atoms with Crippen molar-refractivity contribution in [3.05, 3.63) is 97.2 Å². The Morgan fingerprint density at radius 2 is 0.826 bits per heavy atom. The van der Waals surface area contributed by atoms with E-state index >= 15 is 0 Å². The average Bonchev–Trinajstić information content (AvgIpc) is 3.31. The molecule has 2 unspecified atom stereocenters. The number of ether oxygens (including phenoxy) is 4. The minimum absolute atomic E-state index is 0.175. The summed E-state index contributed by atoms with van der Waals surface area (Å²) < 4.78 is 22.8. The number of esters is 2. The Hall–Kier alpha value is -3.79. The second-order valence-corrected chi connectivity index (χ2v) is 19.2. The van der Waals surface area contributed by atoms with Crippen LogP contribution in [0.4, 0.5) is 0 Å². The van der Waals surface area contributed by atoms with Crippen molar-refractivity contribution >= 4 is 17.9 Å². The lowest BCUT2D eigenvalue weighted by Crippen LogP contribution is -2.40. The summed E-state index contributed by atoms with van der Waals surface area (Å²) >= 11 is 0. The maximum Gasteiger partial charge on any atom is 0.361 e. The number of carbonyl (C=O) groups excluding carboxylic acids is 2. The molecule has 0 aromatic rings. The zero-order valence-corrected chi connectivity index (χ0v) is 44.7. The molecule has 0 bridgehead atoms. The van der Waals surface area contributed by atoms with Gasteiger partial charge in [0.25, 0.3) is 6.29 Å². The highest BCUT2D eigenvalue weighted by Gasteiger charge is 2.25. The van der Waals surface area contributed by atoms with Crippen LogP contribution in [0, 0.1) is 0 Å². The van der Waals surface area contributed by atoms with Gasteiger partial charge in [-0.3, -0.25) is 9.59 Å². The van der Waals surface area contributed by atoms with Gasteiger partial charge in [-0.2, -0.15) is 0 Å². The SMILES string of the molecule is CC/C=C\C/C=C\C/C=C\C/C=C\C/C=C\C/C=C\C/C=C\C/C=C\CCCCC(=O)OC(COC(=O)CCCCCCCCCCCCCCCCCCC)COC(OCC[N+](C)(C)C)C(=O)O. The summed E-state index contributed by atoms with van der Waals surface area (Å²) in [5.41, 5.74) is 0. The van der Waals surface area contributed by atoms with Gasteiger partial charge in [-0.25, -0.2) is 4.79 Å². The lowest BCUT2D eigenvalue weighted by Gasteiger charge is -2.25. The van der Waals surface area contributed by atoms with E-state index in [2.05, 4.69) is 111 Å².